The number of aromatic nitrogens is 4. The van der Waals surface area contributed by atoms with Crippen LogP contribution in [0.2, 0.25) is 0 Å². The van der Waals surface area contributed by atoms with Crippen LogP contribution in [0, 0.1) is 0 Å². The summed E-state index contributed by atoms with van der Waals surface area (Å²) in [6.07, 6.45) is 8.85. The fourth-order valence-corrected chi connectivity index (χ4v) is 4.75. The Morgan fingerprint density at radius 2 is 1.73 bits per heavy atom. The molecule has 5 amide bonds. The molecule has 2 aromatic heterocycles. The van der Waals surface area contributed by atoms with Crippen molar-refractivity contribution < 1.29 is 33.4 Å². The van der Waals surface area contributed by atoms with Crippen molar-refractivity contribution in [2.75, 3.05) is 32.6 Å². The summed E-state index contributed by atoms with van der Waals surface area (Å²) in [7, 11) is 2.69. The summed E-state index contributed by atoms with van der Waals surface area (Å²) in [4.78, 5) is 82.0. The number of nitrogens with zero attached hydrogens (tertiary/aromatic N) is 5. The van der Waals surface area contributed by atoms with Gasteiger partial charge < -0.3 is 35.6 Å². The lowest BCUT2D eigenvalue weighted by molar-refractivity contribution is -0.145. The van der Waals surface area contributed by atoms with Gasteiger partial charge >= 0.3 is 12.0 Å². The average Bonchev–Trinajstić information content (AvgIpc) is 3.49. The lowest BCUT2D eigenvalue weighted by Gasteiger charge is -2.29. The Hall–Kier alpha value is -5.67. The van der Waals surface area contributed by atoms with Crippen molar-refractivity contribution in [2.45, 2.75) is 37.4 Å². The molecule has 0 bridgehead atoms. The minimum Gasteiger partial charge on any atom is -0.497 e. The summed E-state index contributed by atoms with van der Waals surface area (Å²) in [6, 6.07) is 3.00. The molecule has 1 saturated heterocycles. The van der Waals surface area contributed by atoms with Gasteiger partial charge in [-0.25, -0.2) is 19.6 Å². The zero-order chi connectivity index (χ0) is 32.2. The lowest BCUT2D eigenvalue weighted by Crippen LogP contribution is -2.57. The number of likely N-dealkylation sites (tertiary alicyclic amines) is 1. The van der Waals surface area contributed by atoms with Gasteiger partial charge in [0.05, 0.1) is 32.7 Å². The lowest BCUT2D eigenvalue weighted by atomic mass is 10.1. The van der Waals surface area contributed by atoms with Crippen LogP contribution in [0.4, 0.5) is 10.5 Å². The standard InChI is InChI=1S/C29H33N9O7/c1-44-19-6-3-5-18(15-19)35-29(43)37-20-8-14-38(27(41)23-17-31-11-13-33-23)24(20)26(40)36-21(28(42)45-2)7-4-9-34-25(39)22-16-30-10-12-32-22/h3,5-6,10-13,15-17,20-21,24H,4,7-9,14H2,1-2H3,(H,34,39)(H,36,40)(H2,35,37,43). The molecule has 45 heavy (non-hydrogen) atoms. The van der Waals surface area contributed by atoms with Crippen molar-refractivity contribution in [1.82, 2.24) is 40.8 Å². The molecule has 1 aromatic carbocycles. The van der Waals surface area contributed by atoms with E-state index in [1.165, 1.54) is 56.3 Å². The van der Waals surface area contributed by atoms with Gasteiger partial charge in [0.25, 0.3) is 11.8 Å². The number of carbonyl (C=O) groups excluding carboxylic acids is 5. The van der Waals surface area contributed by atoms with E-state index >= 15 is 0 Å². The first-order valence-corrected chi connectivity index (χ1v) is 14.0. The van der Waals surface area contributed by atoms with Gasteiger partial charge in [0.1, 0.15) is 29.2 Å². The molecule has 0 spiro atoms. The van der Waals surface area contributed by atoms with Crippen molar-refractivity contribution in [1.29, 1.82) is 0 Å². The maximum atomic E-state index is 13.8. The number of carbonyl (C=O) groups is 5. The van der Waals surface area contributed by atoms with E-state index in [9.17, 15) is 24.0 Å². The fraction of sp³-hybridized carbons (Fsp3) is 0.345. The first-order valence-electron chi connectivity index (χ1n) is 14.0. The first-order chi connectivity index (χ1) is 21.8. The summed E-state index contributed by atoms with van der Waals surface area (Å²) >= 11 is 0. The van der Waals surface area contributed by atoms with E-state index in [0.717, 1.165) is 0 Å². The SMILES string of the molecule is COC(=O)C(CCCNC(=O)c1cnccn1)NC(=O)C1C(NC(=O)Nc2cccc(OC)c2)CCN1C(=O)c1cnccn1. The van der Waals surface area contributed by atoms with Crippen LogP contribution in [0.5, 0.6) is 5.75 Å². The second kappa shape index (κ2) is 15.7. The Kier molecular flexibility index (Phi) is 11.3. The molecule has 3 unspecified atom stereocenters. The van der Waals surface area contributed by atoms with Gasteiger partial charge in [-0.1, -0.05) is 6.07 Å². The highest BCUT2D eigenvalue weighted by atomic mass is 16.5. The van der Waals surface area contributed by atoms with E-state index in [1.54, 1.807) is 24.3 Å². The number of hydrogen-bond acceptors (Lipinski definition) is 11. The van der Waals surface area contributed by atoms with E-state index in [1.807, 2.05) is 0 Å². The number of esters is 1. The molecule has 1 fully saturated rings. The van der Waals surface area contributed by atoms with Gasteiger partial charge in [-0.15, -0.1) is 0 Å². The number of hydrogen-bond donors (Lipinski definition) is 4. The number of methoxy groups -OCH3 is 2. The van der Waals surface area contributed by atoms with E-state index in [-0.39, 0.29) is 37.3 Å². The maximum Gasteiger partial charge on any atom is 0.328 e. The van der Waals surface area contributed by atoms with Crippen molar-refractivity contribution in [3.8, 4) is 5.75 Å². The number of amides is 5. The van der Waals surface area contributed by atoms with Crippen LogP contribution < -0.4 is 26.0 Å². The minimum absolute atomic E-state index is 0.0140. The van der Waals surface area contributed by atoms with Crippen LogP contribution in [0.25, 0.3) is 0 Å². The molecule has 3 heterocycles. The summed E-state index contributed by atoms with van der Waals surface area (Å²) in [5.41, 5.74) is 0.606. The van der Waals surface area contributed by atoms with Gasteiger partial charge in [-0.05, 0) is 31.4 Å². The van der Waals surface area contributed by atoms with Crippen molar-refractivity contribution in [3.63, 3.8) is 0 Å². The monoisotopic (exact) mass is 619 g/mol. The molecule has 1 aliphatic heterocycles. The molecule has 0 saturated carbocycles. The highest BCUT2D eigenvalue weighted by Gasteiger charge is 2.44. The fourth-order valence-electron chi connectivity index (χ4n) is 4.75. The van der Waals surface area contributed by atoms with Gasteiger partial charge in [-0.3, -0.25) is 24.4 Å². The molecule has 0 radical (unpaired) electrons. The van der Waals surface area contributed by atoms with E-state index in [4.69, 9.17) is 9.47 Å². The summed E-state index contributed by atoms with van der Waals surface area (Å²) in [6.45, 7) is 0.295. The Morgan fingerprint density at radius 3 is 2.40 bits per heavy atom. The molecule has 4 rings (SSSR count). The minimum atomic E-state index is -1.20. The van der Waals surface area contributed by atoms with Gasteiger partial charge in [-0.2, -0.15) is 0 Å². The summed E-state index contributed by atoms with van der Waals surface area (Å²) in [5.74, 6) is -1.87. The number of urea groups is 1. The smallest absolute Gasteiger partial charge is 0.328 e. The predicted molar refractivity (Wildman–Crippen MR) is 158 cm³/mol. The quantitative estimate of drug-likeness (QED) is 0.163. The number of benzene rings is 1. The highest BCUT2D eigenvalue weighted by Crippen LogP contribution is 2.22. The number of nitrogens with one attached hydrogen (secondary N) is 4. The third-order valence-corrected chi connectivity index (χ3v) is 6.91. The van der Waals surface area contributed by atoms with E-state index < -0.39 is 47.8 Å². The zero-order valence-corrected chi connectivity index (χ0v) is 24.6. The van der Waals surface area contributed by atoms with Crippen LogP contribution in [-0.2, 0) is 14.3 Å². The second-order valence-corrected chi connectivity index (χ2v) is 9.83. The Bertz CT molecular complexity index is 1490. The molecule has 4 N–H and O–H groups in total. The number of anilines is 1. The maximum absolute atomic E-state index is 13.8. The molecule has 3 aromatic rings. The molecule has 3 atom stereocenters. The van der Waals surface area contributed by atoms with Crippen LogP contribution in [0.15, 0.2) is 61.4 Å². The molecular formula is C29H33N9O7. The van der Waals surface area contributed by atoms with Gasteiger partial charge in [0.15, 0.2) is 0 Å². The van der Waals surface area contributed by atoms with Crippen LogP contribution in [0.3, 0.4) is 0 Å². The molecular weight excluding hydrogens is 586 g/mol. The molecule has 16 heteroatoms. The summed E-state index contributed by atoms with van der Waals surface area (Å²) in [5, 5.41) is 10.8. The predicted octanol–water partition coefficient (Wildman–Crippen LogP) is 0.548. The Morgan fingerprint density at radius 1 is 1.00 bits per heavy atom. The van der Waals surface area contributed by atoms with Crippen LogP contribution >= 0.6 is 0 Å². The second-order valence-electron chi connectivity index (χ2n) is 9.83. The van der Waals surface area contributed by atoms with Crippen LogP contribution in [-0.4, -0.2) is 100.0 Å². The topological polar surface area (TPSA) is 207 Å². The highest BCUT2D eigenvalue weighted by molar-refractivity contribution is 5.98. The van der Waals surface area contributed by atoms with E-state index in [2.05, 4.69) is 41.2 Å². The number of ether oxygens (including phenoxy) is 2. The normalized spacial score (nSPS) is 16.2. The largest absolute Gasteiger partial charge is 0.497 e. The Balaban J connectivity index is 1.45. The third-order valence-electron chi connectivity index (χ3n) is 6.91. The summed E-state index contributed by atoms with van der Waals surface area (Å²) < 4.78 is 10.1. The molecule has 0 aliphatic carbocycles. The first kappa shape index (κ1) is 32.2. The van der Waals surface area contributed by atoms with Gasteiger partial charge in [0.2, 0.25) is 5.91 Å². The van der Waals surface area contributed by atoms with Crippen LogP contribution in [0.1, 0.15) is 40.2 Å². The van der Waals surface area contributed by atoms with Crippen molar-refractivity contribution in [2.24, 2.45) is 0 Å². The van der Waals surface area contributed by atoms with E-state index in [0.29, 0.717) is 17.9 Å². The molecule has 16 nitrogen and oxygen atoms in total. The molecule has 1 aliphatic rings. The van der Waals surface area contributed by atoms with Crippen molar-refractivity contribution >= 4 is 35.4 Å². The zero-order valence-electron chi connectivity index (χ0n) is 24.6. The number of rotatable bonds is 12. The van der Waals surface area contributed by atoms with Crippen molar-refractivity contribution in [3.05, 3.63) is 72.8 Å². The average molecular weight is 620 g/mol. The Labute approximate surface area is 258 Å². The molecule has 236 valence electrons. The third kappa shape index (κ3) is 8.68. The van der Waals surface area contributed by atoms with Gasteiger partial charge in [0, 0.05) is 49.6 Å².